The number of carbonyl (C=O) groups is 1. The summed E-state index contributed by atoms with van der Waals surface area (Å²) in [6.07, 6.45) is 1.76. The van der Waals surface area contributed by atoms with Crippen LogP contribution >= 0.6 is 0 Å². The van der Waals surface area contributed by atoms with Crippen LogP contribution < -0.4 is 0 Å². The van der Waals surface area contributed by atoms with Gasteiger partial charge in [0.2, 0.25) is 0 Å². The zero-order valence-corrected chi connectivity index (χ0v) is 14.1. The van der Waals surface area contributed by atoms with Crippen molar-refractivity contribution in [3.05, 3.63) is 63.7 Å². The summed E-state index contributed by atoms with van der Waals surface area (Å²) in [6, 6.07) is 4.77. The second-order valence-electron chi connectivity index (χ2n) is 5.21. The van der Waals surface area contributed by atoms with Crippen LogP contribution in [0.15, 0.2) is 36.7 Å². The molecule has 132 valence electrons. The fourth-order valence-electron chi connectivity index (χ4n) is 1.91. The molecule has 9 nitrogen and oxygen atoms in total. The highest BCUT2D eigenvalue weighted by Crippen LogP contribution is 2.23. The van der Waals surface area contributed by atoms with Gasteiger partial charge in [0.25, 0.3) is 5.69 Å². The summed E-state index contributed by atoms with van der Waals surface area (Å²) in [5.74, 6) is -0.779. The van der Waals surface area contributed by atoms with Crippen LogP contribution in [-0.2, 0) is 15.8 Å². The van der Waals surface area contributed by atoms with Crippen LogP contribution in [0.4, 0.5) is 5.69 Å². The maximum absolute atomic E-state index is 12.3. The number of non-ortho nitro benzene ring substituents is 1. The maximum Gasteiger partial charge on any atom is 0.338 e. The van der Waals surface area contributed by atoms with E-state index in [0.29, 0.717) is 0 Å². The minimum Gasteiger partial charge on any atom is -0.772 e. The minimum atomic E-state index is -2.53. The highest BCUT2D eigenvalue weighted by atomic mass is 32.2. The van der Waals surface area contributed by atoms with E-state index in [1.54, 1.807) is 6.92 Å². The van der Waals surface area contributed by atoms with Crippen molar-refractivity contribution in [2.45, 2.75) is 25.2 Å². The number of aryl methyl sites for hydroxylation is 1. The van der Waals surface area contributed by atoms with Gasteiger partial charge in [-0.2, -0.15) is 0 Å². The van der Waals surface area contributed by atoms with Crippen LogP contribution in [0, 0.1) is 17.0 Å². The zero-order chi connectivity index (χ0) is 18.6. The fraction of sp³-hybridized carbons (Fsp3) is 0.267. The summed E-state index contributed by atoms with van der Waals surface area (Å²) in [6.45, 7) is 3.12. The molecule has 1 aromatic heterocycles. The summed E-state index contributed by atoms with van der Waals surface area (Å²) in [7, 11) is 0. The van der Waals surface area contributed by atoms with E-state index in [4.69, 9.17) is 4.74 Å². The summed E-state index contributed by atoms with van der Waals surface area (Å²) in [5, 5.41) is 9.56. The van der Waals surface area contributed by atoms with Crippen LogP contribution in [0.3, 0.4) is 0 Å². The lowest BCUT2D eigenvalue weighted by molar-refractivity contribution is -0.384. The highest BCUT2D eigenvalue weighted by molar-refractivity contribution is 7.79. The first-order chi connectivity index (χ1) is 11.8. The Balaban J connectivity index is 2.26. The largest absolute Gasteiger partial charge is 0.772 e. The predicted octanol–water partition coefficient (Wildman–Crippen LogP) is 1.86. The maximum atomic E-state index is 12.3. The fourth-order valence-corrected chi connectivity index (χ4v) is 2.29. The number of esters is 1. The van der Waals surface area contributed by atoms with E-state index in [1.807, 2.05) is 0 Å². The van der Waals surface area contributed by atoms with Gasteiger partial charge in [0.15, 0.2) is 11.9 Å². The number of benzene rings is 1. The molecule has 0 saturated heterocycles. The number of carbonyl (C=O) groups excluding carboxylic acids is 1. The standard InChI is InChI=1S/C15H15N3O6S/c1-9-7-16-14(17-8-9)13(10(2)25(22)23)24-15(19)11-3-5-12(6-4-11)18(20)21/h3-8,10,13H,1-2H3,(H,22,23)/p-1/t10-,13-/m0/s1. The van der Waals surface area contributed by atoms with E-state index in [0.717, 1.165) is 17.7 Å². The quantitative estimate of drug-likeness (QED) is 0.328. The highest BCUT2D eigenvalue weighted by Gasteiger charge is 2.28. The van der Waals surface area contributed by atoms with Crippen LogP contribution in [-0.4, -0.2) is 34.9 Å². The van der Waals surface area contributed by atoms with Crippen molar-refractivity contribution in [3.63, 3.8) is 0 Å². The Labute approximate surface area is 145 Å². The van der Waals surface area contributed by atoms with Crippen molar-refractivity contribution in [2.75, 3.05) is 0 Å². The molecule has 0 aliphatic carbocycles. The van der Waals surface area contributed by atoms with Crippen LogP contribution in [0.25, 0.3) is 0 Å². The monoisotopic (exact) mass is 364 g/mol. The number of aromatic nitrogens is 2. The third-order valence-electron chi connectivity index (χ3n) is 3.33. The second kappa shape index (κ2) is 7.90. The number of ether oxygens (including phenoxy) is 1. The van der Waals surface area contributed by atoms with Crippen molar-refractivity contribution in [3.8, 4) is 0 Å². The second-order valence-corrected chi connectivity index (χ2v) is 6.48. The van der Waals surface area contributed by atoms with E-state index >= 15 is 0 Å². The van der Waals surface area contributed by atoms with E-state index in [9.17, 15) is 23.7 Å². The van der Waals surface area contributed by atoms with Gasteiger partial charge in [-0.15, -0.1) is 0 Å². The summed E-state index contributed by atoms with van der Waals surface area (Å²) in [5.41, 5.74) is 0.635. The number of hydrogen-bond acceptors (Lipinski definition) is 8. The average Bonchev–Trinajstić information content (AvgIpc) is 2.59. The molecule has 0 spiro atoms. The van der Waals surface area contributed by atoms with Gasteiger partial charge in [0.05, 0.1) is 15.7 Å². The molecule has 0 bridgehead atoms. The van der Waals surface area contributed by atoms with E-state index in [-0.39, 0.29) is 17.1 Å². The van der Waals surface area contributed by atoms with Gasteiger partial charge < -0.3 is 9.29 Å². The Hall–Kier alpha value is -2.72. The lowest BCUT2D eigenvalue weighted by atomic mass is 10.2. The molecule has 0 aliphatic heterocycles. The predicted molar refractivity (Wildman–Crippen MR) is 86.4 cm³/mol. The number of hydrogen-bond donors (Lipinski definition) is 0. The Morgan fingerprint density at radius 3 is 2.28 bits per heavy atom. The molecule has 1 unspecified atom stereocenters. The molecule has 0 amide bonds. The van der Waals surface area contributed by atoms with Gasteiger partial charge in [0.1, 0.15) is 0 Å². The first-order valence-electron chi connectivity index (χ1n) is 7.11. The summed E-state index contributed by atoms with van der Waals surface area (Å²) in [4.78, 5) is 30.3. The lowest BCUT2D eigenvalue weighted by Crippen LogP contribution is -2.27. The third-order valence-corrected chi connectivity index (χ3v) is 4.19. The SMILES string of the molecule is Cc1cnc([C@@H](OC(=O)c2ccc([N+](=O)[O-])cc2)[C@H](C)S(=O)[O-])nc1. The molecule has 0 N–H and O–H groups in total. The van der Waals surface area contributed by atoms with Crippen molar-refractivity contribution in [1.82, 2.24) is 9.97 Å². The summed E-state index contributed by atoms with van der Waals surface area (Å²) < 4.78 is 27.9. The molecule has 2 aromatic rings. The molecule has 1 heterocycles. The molecule has 0 aliphatic rings. The molecular formula is C15H14N3O6S-. The Morgan fingerprint density at radius 2 is 1.80 bits per heavy atom. The van der Waals surface area contributed by atoms with Crippen molar-refractivity contribution in [1.29, 1.82) is 0 Å². The zero-order valence-electron chi connectivity index (χ0n) is 13.3. The topological polar surface area (TPSA) is 135 Å². The number of nitrogens with zero attached hydrogens (tertiary/aromatic N) is 3. The molecule has 1 aromatic carbocycles. The van der Waals surface area contributed by atoms with Gasteiger partial charge in [-0.05, 0) is 42.6 Å². The molecule has 25 heavy (non-hydrogen) atoms. The van der Waals surface area contributed by atoms with Crippen LogP contribution in [0.2, 0.25) is 0 Å². The first-order valence-corrected chi connectivity index (χ1v) is 8.25. The van der Waals surface area contributed by atoms with Gasteiger partial charge >= 0.3 is 5.97 Å². The molecule has 10 heteroatoms. The van der Waals surface area contributed by atoms with Gasteiger partial charge in [-0.3, -0.25) is 14.3 Å². The Kier molecular flexibility index (Phi) is 5.88. The molecule has 0 radical (unpaired) electrons. The molecule has 0 fully saturated rings. The van der Waals surface area contributed by atoms with Crippen LogP contribution in [0.1, 0.15) is 34.8 Å². The van der Waals surface area contributed by atoms with Crippen molar-refractivity contribution in [2.24, 2.45) is 0 Å². The molecule has 0 saturated carbocycles. The van der Waals surface area contributed by atoms with Gasteiger partial charge in [0, 0.05) is 24.5 Å². The van der Waals surface area contributed by atoms with Crippen molar-refractivity contribution >= 4 is 22.7 Å². The third kappa shape index (κ3) is 4.64. The van der Waals surface area contributed by atoms with Crippen LogP contribution in [0.5, 0.6) is 0 Å². The van der Waals surface area contributed by atoms with E-state index in [2.05, 4.69) is 9.97 Å². The lowest BCUT2D eigenvalue weighted by Gasteiger charge is -2.24. The number of nitro groups is 1. The normalized spacial score (nSPS) is 14.4. The average molecular weight is 364 g/mol. The number of nitro benzene ring substituents is 1. The van der Waals surface area contributed by atoms with E-state index in [1.165, 1.54) is 31.5 Å². The van der Waals surface area contributed by atoms with Crippen molar-refractivity contribution < 1.29 is 23.2 Å². The first kappa shape index (κ1) is 18.6. The van der Waals surface area contributed by atoms with E-state index < -0.39 is 33.3 Å². The number of rotatable bonds is 6. The van der Waals surface area contributed by atoms with Gasteiger partial charge in [-0.25, -0.2) is 14.8 Å². The smallest absolute Gasteiger partial charge is 0.338 e. The van der Waals surface area contributed by atoms with Gasteiger partial charge in [-0.1, -0.05) is 0 Å². The molecule has 3 atom stereocenters. The Bertz CT molecular complexity index is 794. The summed E-state index contributed by atoms with van der Waals surface area (Å²) >= 11 is -2.53. The Morgan fingerprint density at radius 1 is 1.24 bits per heavy atom. The minimum absolute atomic E-state index is 0.0478. The molecular weight excluding hydrogens is 350 g/mol. The molecule has 2 rings (SSSR count).